The minimum absolute atomic E-state index is 0.0725. The second-order valence-corrected chi connectivity index (χ2v) is 9.16. The Kier molecular flexibility index (Phi) is 5.99. The summed E-state index contributed by atoms with van der Waals surface area (Å²) in [5.74, 6) is 0.787. The lowest BCUT2D eigenvalue weighted by atomic mass is 10.0. The average molecular weight is 380 g/mol. The van der Waals surface area contributed by atoms with Crippen molar-refractivity contribution in [1.29, 1.82) is 0 Å². The van der Waals surface area contributed by atoms with Crippen LogP contribution in [0.25, 0.3) is 0 Å². The number of piperidine rings is 1. The van der Waals surface area contributed by atoms with Crippen LogP contribution in [0.4, 0.5) is 0 Å². The molecule has 1 aromatic carbocycles. The molecule has 0 unspecified atom stereocenters. The summed E-state index contributed by atoms with van der Waals surface area (Å²) in [6, 6.07) is 5.26. The number of rotatable bonds is 7. The molecule has 1 aliphatic heterocycles. The van der Waals surface area contributed by atoms with E-state index < -0.39 is 10.0 Å². The van der Waals surface area contributed by atoms with Crippen LogP contribution < -0.4 is 10.0 Å². The summed E-state index contributed by atoms with van der Waals surface area (Å²) in [6.07, 6.45) is 4.59. The third-order valence-corrected chi connectivity index (χ3v) is 6.80. The van der Waals surface area contributed by atoms with Gasteiger partial charge in [0.05, 0.1) is 4.90 Å². The predicted molar refractivity (Wildman–Crippen MR) is 102 cm³/mol. The molecule has 1 heterocycles. The fraction of sp³-hybridized carbons (Fsp3) is 0.632. The normalized spacial score (nSPS) is 18.9. The number of sulfonamides is 1. The van der Waals surface area contributed by atoms with Gasteiger partial charge in [-0.05, 0) is 62.8 Å². The molecule has 0 radical (unpaired) electrons. The van der Waals surface area contributed by atoms with Crippen LogP contribution in [-0.4, -0.2) is 51.4 Å². The van der Waals surface area contributed by atoms with Crippen molar-refractivity contribution in [1.82, 2.24) is 14.9 Å². The van der Waals surface area contributed by atoms with E-state index in [1.165, 1.54) is 18.9 Å². The standard InChI is InChI=1S/C19H29N3O3S/c1-3-21-26(24,25)17-7-4-14(2)18(12-17)19(23)22-10-8-16(9-11-22)20-13-15-5-6-15/h4,7,12,15-16,20-21H,3,5-6,8-11,13H2,1-2H3. The number of carbonyl (C=O) groups excluding carboxylic acids is 1. The minimum atomic E-state index is -3.56. The molecule has 6 nitrogen and oxygen atoms in total. The Hall–Kier alpha value is -1.44. The highest BCUT2D eigenvalue weighted by molar-refractivity contribution is 7.89. The van der Waals surface area contributed by atoms with Crippen LogP contribution in [-0.2, 0) is 10.0 Å². The van der Waals surface area contributed by atoms with E-state index in [9.17, 15) is 13.2 Å². The summed E-state index contributed by atoms with van der Waals surface area (Å²) in [5.41, 5.74) is 1.28. The summed E-state index contributed by atoms with van der Waals surface area (Å²) in [6.45, 7) is 6.43. The molecule has 0 bridgehead atoms. The van der Waals surface area contributed by atoms with Gasteiger partial charge in [-0.1, -0.05) is 13.0 Å². The number of nitrogens with one attached hydrogen (secondary N) is 2. The molecule has 1 saturated heterocycles. The first-order valence-corrected chi connectivity index (χ1v) is 11.0. The molecule has 1 aromatic rings. The van der Waals surface area contributed by atoms with Gasteiger partial charge >= 0.3 is 0 Å². The Morgan fingerprint density at radius 2 is 1.88 bits per heavy atom. The summed E-state index contributed by atoms with van der Waals surface area (Å²) >= 11 is 0. The van der Waals surface area contributed by atoms with Gasteiger partial charge < -0.3 is 10.2 Å². The van der Waals surface area contributed by atoms with Gasteiger partial charge in [0.15, 0.2) is 0 Å². The molecule has 144 valence electrons. The van der Waals surface area contributed by atoms with Gasteiger partial charge in [-0.3, -0.25) is 4.79 Å². The third kappa shape index (κ3) is 4.64. The Labute approximate surface area is 156 Å². The van der Waals surface area contributed by atoms with Crippen LogP contribution >= 0.6 is 0 Å². The number of benzene rings is 1. The fourth-order valence-electron chi connectivity index (χ4n) is 3.38. The maximum absolute atomic E-state index is 12.9. The highest BCUT2D eigenvalue weighted by Gasteiger charge is 2.27. The molecule has 1 saturated carbocycles. The lowest BCUT2D eigenvalue weighted by Gasteiger charge is -2.33. The van der Waals surface area contributed by atoms with Gasteiger partial charge in [0.25, 0.3) is 5.91 Å². The van der Waals surface area contributed by atoms with E-state index >= 15 is 0 Å². The first-order chi connectivity index (χ1) is 12.4. The topological polar surface area (TPSA) is 78.5 Å². The van der Waals surface area contributed by atoms with Crippen LogP contribution in [0.5, 0.6) is 0 Å². The molecule has 26 heavy (non-hydrogen) atoms. The monoisotopic (exact) mass is 379 g/mol. The van der Waals surface area contributed by atoms with Crippen LogP contribution in [0.2, 0.25) is 0 Å². The van der Waals surface area contributed by atoms with Crippen molar-refractivity contribution in [3.05, 3.63) is 29.3 Å². The summed E-state index contributed by atoms with van der Waals surface area (Å²) < 4.78 is 26.9. The largest absolute Gasteiger partial charge is 0.339 e. The summed E-state index contributed by atoms with van der Waals surface area (Å²) in [4.78, 5) is 14.9. The lowest BCUT2D eigenvalue weighted by molar-refractivity contribution is 0.0704. The maximum Gasteiger partial charge on any atom is 0.254 e. The van der Waals surface area contributed by atoms with Gasteiger partial charge in [0, 0.05) is 31.2 Å². The molecular weight excluding hydrogens is 350 g/mol. The first-order valence-electron chi connectivity index (χ1n) is 9.53. The number of nitrogens with zero attached hydrogens (tertiary/aromatic N) is 1. The number of hydrogen-bond acceptors (Lipinski definition) is 4. The Morgan fingerprint density at radius 1 is 1.19 bits per heavy atom. The van der Waals surface area contributed by atoms with Crippen LogP contribution in [0, 0.1) is 12.8 Å². The van der Waals surface area contributed by atoms with Crippen molar-refractivity contribution in [3.8, 4) is 0 Å². The van der Waals surface area contributed by atoms with Crippen molar-refractivity contribution in [2.75, 3.05) is 26.2 Å². The molecule has 2 N–H and O–H groups in total. The first kappa shape index (κ1) is 19.3. The quantitative estimate of drug-likeness (QED) is 0.758. The molecule has 7 heteroatoms. The van der Waals surface area contributed by atoms with Gasteiger partial charge in [-0.25, -0.2) is 13.1 Å². The number of aryl methyl sites for hydroxylation is 1. The van der Waals surface area contributed by atoms with E-state index in [0.717, 1.165) is 30.9 Å². The Bertz CT molecular complexity index is 751. The lowest BCUT2D eigenvalue weighted by Crippen LogP contribution is -2.45. The van der Waals surface area contributed by atoms with Crippen molar-refractivity contribution >= 4 is 15.9 Å². The Morgan fingerprint density at radius 3 is 2.50 bits per heavy atom. The van der Waals surface area contributed by atoms with Crippen molar-refractivity contribution in [2.24, 2.45) is 5.92 Å². The smallest absolute Gasteiger partial charge is 0.254 e. The summed E-state index contributed by atoms with van der Waals surface area (Å²) in [7, 11) is -3.56. The number of likely N-dealkylation sites (tertiary alicyclic amines) is 1. The second kappa shape index (κ2) is 8.06. The van der Waals surface area contributed by atoms with E-state index in [2.05, 4.69) is 10.0 Å². The SMILES string of the molecule is CCNS(=O)(=O)c1ccc(C)c(C(=O)N2CCC(NCC3CC3)CC2)c1. The molecule has 1 aliphatic carbocycles. The minimum Gasteiger partial charge on any atom is -0.339 e. The van der Waals surface area contributed by atoms with E-state index in [4.69, 9.17) is 0 Å². The number of amides is 1. The van der Waals surface area contributed by atoms with Gasteiger partial charge in [-0.2, -0.15) is 0 Å². The molecular formula is C19H29N3O3S. The highest BCUT2D eigenvalue weighted by atomic mass is 32.2. The molecule has 2 fully saturated rings. The maximum atomic E-state index is 12.9. The van der Waals surface area contributed by atoms with E-state index in [1.54, 1.807) is 19.1 Å². The van der Waals surface area contributed by atoms with E-state index in [0.29, 0.717) is 31.2 Å². The van der Waals surface area contributed by atoms with Gasteiger partial charge in [0.1, 0.15) is 0 Å². The van der Waals surface area contributed by atoms with Gasteiger partial charge in [-0.15, -0.1) is 0 Å². The Balaban J connectivity index is 1.65. The molecule has 3 rings (SSSR count). The molecule has 0 spiro atoms. The third-order valence-electron chi connectivity index (χ3n) is 5.26. The zero-order valence-electron chi connectivity index (χ0n) is 15.6. The van der Waals surface area contributed by atoms with Crippen LogP contribution in [0.1, 0.15) is 48.5 Å². The van der Waals surface area contributed by atoms with Crippen molar-refractivity contribution < 1.29 is 13.2 Å². The molecule has 1 amide bonds. The summed E-state index contributed by atoms with van der Waals surface area (Å²) in [5, 5.41) is 3.61. The average Bonchev–Trinajstić information content (AvgIpc) is 3.44. The zero-order valence-corrected chi connectivity index (χ0v) is 16.4. The van der Waals surface area contributed by atoms with E-state index in [1.807, 2.05) is 11.8 Å². The van der Waals surface area contributed by atoms with Gasteiger partial charge in [0.2, 0.25) is 10.0 Å². The van der Waals surface area contributed by atoms with Crippen LogP contribution in [0.15, 0.2) is 23.1 Å². The molecule has 0 aromatic heterocycles. The number of carbonyl (C=O) groups is 1. The number of hydrogen-bond donors (Lipinski definition) is 2. The van der Waals surface area contributed by atoms with Crippen molar-refractivity contribution in [2.45, 2.75) is 50.5 Å². The van der Waals surface area contributed by atoms with Crippen molar-refractivity contribution in [3.63, 3.8) is 0 Å². The fourth-order valence-corrected chi connectivity index (χ4v) is 4.45. The second-order valence-electron chi connectivity index (χ2n) is 7.40. The molecule has 2 aliphatic rings. The highest BCUT2D eigenvalue weighted by Crippen LogP contribution is 2.28. The molecule has 0 atom stereocenters. The van der Waals surface area contributed by atoms with Crippen LogP contribution in [0.3, 0.4) is 0 Å². The van der Waals surface area contributed by atoms with E-state index in [-0.39, 0.29) is 10.8 Å². The predicted octanol–water partition coefficient (Wildman–Crippen LogP) is 1.90. The zero-order chi connectivity index (χ0) is 18.7.